The molecule has 1 aromatic carbocycles. The van der Waals surface area contributed by atoms with E-state index in [4.69, 9.17) is 0 Å². The van der Waals surface area contributed by atoms with E-state index in [1.807, 2.05) is 24.3 Å². The number of carbonyl (C=O) groups is 1. The van der Waals surface area contributed by atoms with Crippen LogP contribution in [0.15, 0.2) is 42.6 Å². The lowest BCUT2D eigenvalue weighted by Gasteiger charge is -2.10. The molecule has 0 saturated heterocycles. The van der Waals surface area contributed by atoms with Crippen molar-refractivity contribution in [3.63, 3.8) is 0 Å². The van der Waals surface area contributed by atoms with Gasteiger partial charge in [-0.2, -0.15) is 4.39 Å². The molecule has 102 valence electrons. The highest BCUT2D eigenvalue weighted by Gasteiger charge is 2.23. The van der Waals surface area contributed by atoms with E-state index in [1.165, 1.54) is 23.9 Å². The van der Waals surface area contributed by atoms with Crippen LogP contribution in [0.3, 0.4) is 0 Å². The summed E-state index contributed by atoms with van der Waals surface area (Å²) in [7, 11) is 0. The summed E-state index contributed by atoms with van der Waals surface area (Å²) in [6.45, 7) is 0.758. The van der Waals surface area contributed by atoms with E-state index in [0.29, 0.717) is 12.1 Å². The molecule has 2 aromatic rings. The van der Waals surface area contributed by atoms with E-state index in [1.54, 1.807) is 0 Å². The third-order valence-electron chi connectivity index (χ3n) is 3.38. The molecule has 2 heterocycles. The second kappa shape index (κ2) is 5.28. The smallest absolute Gasteiger partial charge is 0.225 e. The maximum absolute atomic E-state index is 12.7. The van der Waals surface area contributed by atoms with Crippen LogP contribution in [-0.2, 0) is 4.79 Å². The lowest BCUT2D eigenvalue weighted by Crippen LogP contribution is -2.16. The fourth-order valence-electron chi connectivity index (χ4n) is 2.42. The molecule has 0 bridgehead atoms. The molecule has 0 radical (unpaired) electrons. The number of aromatic nitrogens is 1. The molecule has 1 atom stereocenters. The molecular formula is C15H14FN3O. The summed E-state index contributed by atoms with van der Waals surface area (Å²) in [6, 6.07) is 10.7. The summed E-state index contributed by atoms with van der Waals surface area (Å²) in [5.41, 5.74) is 2.77. The van der Waals surface area contributed by atoms with Gasteiger partial charge in [0.25, 0.3) is 0 Å². The lowest BCUT2D eigenvalue weighted by molar-refractivity contribution is -0.116. The monoisotopic (exact) mass is 271 g/mol. The number of hydrogen-bond donors (Lipinski definition) is 2. The van der Waals surface area contributed by atoms with Gasteiger partial charge in [-0.1, -0.05) is 18.2 Å². The van der Waals surface area contributed by atoms with Gasteiger partial charge in [0.2, 0.25) is 11.9 Å². The quantitative estimate of drug-likeness (QED) is 0.844. The zero-order valence-corrected chi connectivity index (χ0v) is 10.8. The van der Waals surface area contributed by atoms with Crippen LogP contribution in [-0.4, -0.2) is 17.4 Å². The van der Waals surface area contributed by atoms with Crippen molar-refractivity contribution in [1.29, 1.82) is 0 Å². The largest absolute Gasteiger partial charge is 0.384 e. The van der Waals surface area contributed by atoms with Crippen molar-refractivity contribution in [1.82, 2.24) is 4.98 Å². The fraction of sp³-hybridized carbons (Fsp3) is 0.200. The number of nitrogens with one attached hydrogen (secondary N) is 2. The Hall–Kier alpha value is -2.43. The Bertz CT molecular complexity index is 627. The van der Waals surface area contributed by atoms with Crippen molar-refractivity contribution >= 4 is 17.3 Å². The maximum Gasteiger partial charge on any atom is 0.225 e. The number of para-hydroxylation sites is 1. The summed E-state index contributed by atoms with van der Waals surface area (Å²) in [4.78, 5) is 15.5. The predicted molar refractivity (Wildman–Crippen MR) is 75.1 cm³/mol. The van der Waals surface area contributed by atoms with Crippen LogP contribution in [0.4, 0.5) is 15.8 Å². The Kier molecular flexibility index (Phi) is 3.33. The highest BCUT2D eigenvalue weighted by molar-refractivity contribution is 5.91. The zero-order valence-electron chi connectivity index (χ0n) is 10.8. The molecule has 1 aliphatic heterocycles. The van der Waals surface area contributed by atoms with Gasteiger partial charge in [0, 0.05) is 24.6 Å². The van der Waals surface area contributed by atoms with Gasteiger partial charge in [0.05, 0.1) is 11.9 Å². The van der Waals surface area contributed by atoms with E-state index >= 15 is 0 Å². The van der Waals surface area contributed by atoms with E-state index in [0.717, 1.165) is 12.2 Å². The van der Waals surface area contributed by atoms with E-state index < -0.39 is 5.95 Å². The average Bonchev–Trinajstić information content (AvgIpc) is 2.85. The van der Waals surface area contributed by atoms with Gasteiger partial charge in [-0.25, -0.2) is 4.98 Å². The SMILES string of the molecule is O=C(CC1CNc2ccccc21)Nc1ccc(F)nc1. The molecular weight excluding hydrogens is 257 g/mol. The number of carbonyl (C=O) groups excluding carboxylic acids is 1. The number of hydrogen-bond acceptors (Lipinski definition) is 3. The van der Waals surface area contributed by atoms with E-state index in [9.17, 15) is 9.18 Å². The summed E-state index contributed by atoms with van der Waals surface area (Å²) < 4.78 is 12.7. The number of benzene rings is 1. The van der Waals surface area contributed by atoms with Crippen LogP contribution in [0, 0.1) is 5.95 Å². The minimum atomic E-state index is -0.558. The van der Waals surface area contributed by atoms with Gasteiger partial charge in [-0.05, 0) is 23.8 Å². The zero-order chi connectivity index (χ0) is 13.9. The summed E-state index contributed by atoms with van der Waals surface area (Å²) in [5, 5.41) is 6.02. The Labute approximate surface area is 116 Å². The van der Waals surface area contributed by atoms with Gasteiger partial charge in [-0.3, -0.25) is 4.79 Å². The first kappa shape index (κ1) is 12.6. The van der Waals surface area contributed by atoms with Crippen molar-refractivity contribution in [3.05, 3.63) is 54.1 Å². The molecule has 1 unspecified atom stereocenters. The summed E-state index contributed by atoms with van der Waals surface area (Å²) in [5.74, 6) is -0.488. The highest BCUT2D eigenvalue weighted by Crippen LogP contribution is 2.33. The molecule has 20 heavy (non-hydrogen) atoms. The standard InChI is InChI=1S/C15H14FN3O/c16-14-6-5-11(9-18-14)19-15(20)7-10-8-17-13-4-2-1-3-12(10)13/h1-6,9-10,17H,7-8H2,(H,19,20). The van der Waals surface area contributed by atoms with Crippen LogP contribution >= 0.6 is 0 Å². The Morgan fingerprint density at radius 2 is 2.20 bits per heavy atom. The number of pyridine rings is 1. The number of halogens is 1. The van der Waals surface area contributed by atoms with Crippen molar-refractivity contribution in [2.75, 3.05) is 17.2 Å². The molecule has 0 saturated carbocycles. The van der Waals surface area contributed by atoms with Gasteiger partial charge < -0.3 is 10.6 Å². The highest BCUT2D eigenvalue weighted by atomic mass is 19.1. The third-order valence-corrected chi connectivity index (χ3v) is 3.38. The molecule has 3 rings (SSSR count). The molecule has 2 N–H and O–H groups in total. The fourth-order valence-corrected chi connectivity index (χ4v) is 2.42. The maximum atomic E-state index is 12.7. The van der Waals surface area contributed by atoms with Gasteiger partial charge in [-0.15, -0.1) is 0 Å². The number of amides is 1. The van der Waals surface area contributed by atoms with Gasteiger partial charge >= 0.3 is 0 Å². The van der Waals surface area contributed by atoms with Crippen molar-refractivity contribution < 1.29 is 9.18 Å². The topological polar surface area (TPSA) is 54.0 Å². The first-order valence-electron chi connectivity index (χ1n) is 6.46. The van der Waals surface area contributed by atoms with Crippen molar-refractivity contribution in [2.45, 2.75) is 12.3 Å². The Balaban J connectivity index is 1.64. The third kappa shape index (κ3) is 2.61. The minimum absolute atomic E-state index is 0.0955. The van der Waals surface area contributed by atoms with Crippen molar-refractivity contribution in [2.24, 2.45) is 0 Å². The van der Waals surface area contributed by atoms with Crippen molar-refractivity contribution in [3.8, 4) is 0 Å². The van der Waals surface area contributed by atoms with Gasteiger partial charge in [0.15, 0.2) is 0 Å². The normalized spacial score (nSPS) is 16.4. The van der Waals surface area contributed by atoms with Crippen LogP contribution < -0.4 is 10.6 Å². The van der Waals surface area contributed by atoms with E-state index in [-0.39, 0.29) is 11.8 Å². The summed E-state index contributed by atoms with van der Waals surface area (Å²) in [6.07, 6.45) is 1.70. The second-order valence-corrected chi connectivity index (χ2v) is 4.79. The van der Waals surface area contributed by atoms with Crippen LogP contribution in [0.5, 0.6) is 0 Å². The number of rotatable bonds is 3. The Morgan fingerprint density at radius 1 is 1.35 bits per heavy atom. The molecule has 5 heteroatoms. The van der Waals surface area contributed by atoms with E-state index in [2.05, 4.69) is 15.6 Å². The molecule has 0 aliphatic carbocycles. The number of nitrogens with zero attached hydrogens (tertiary/aromatic N) is 1. The molecule has 1 aromatic heterocycles. The van der Waals surface area contributed by atoms with Crippen LogP contribution in [0.2, 0.25) is 0 Å². The summed E-state index contributed by atoms with van der Waals surface area (Å²) >= 11 is 0. The molecule has 0 fully saturated rings. The Morgan fingerprint density at radius 3 is 3.00 bits per heavy atom. The first-order chi connectivity index (χ1) is 9.72. The molecule has 0 spiro atoms. The minimum Gasteiger partial charge on any atom is -0.384 e. The second-order valence-electron chi connectivity index (χ2n) is 4.79. The molecule has 1 amide bonds. The lowest BCUT2D eigenvalue weighted by atomic mass is 9.97. The number of anilines is 2. The van der Waals surface area contributed by atoms with Crippen LogP contribution in [0.25, 0.3) is 0 Å². The molecule has 4 nitrogen and oxygen atoms in total. The average molecular weight is 271 g/mol. The van der Waals surface area contributed by atoms with Crippen LogP contribution in [0.1, 0.15) is 17.9 Å². The molecule has 1 aliphatic rings. The van der Waals surface area contributed by atoms with Gasteiger partial charge in [0.1, 0.15) is 0 Å². The number of fused-ring (bicyclic) bond motifs is 1. The predicted octanol–water partition coefficient (Wildman–Crippen LogP) is 2.76. The first-order valence-corrected chi connectivity index (χ1v) is 6.46.